The number of benzene rings is 1. The van der Waals surface area contributed by atoms with Gasteiger partial charge in [-0.05, 0) is 36.5 Å². The lowest BCUT2D eigenvalue weighted by Gasteiger charge is -2.17. The zero-order valence-electron chi connectivity index (χ0n) is 12.2. The van der Waals surface area contributed by atoms with Crippen LogP contribution in [-0.4, -0.2) is 13.0 Å². The number of methoxy groups -OCH3 is 1. The maximum Gasteiger partial charge on any atom is 0.224 e. The maximum atomic E-state index is 11.8. The Morgan fingerprint density at radius 2 is 2.05 bits per heavy atom. The third-order valence-corrected chi connectivity index (χ3v) is 2.84. The molecule has 0 heterocycles. The number of amides is 1. The minimum absolute atomic E-state index is 0.0221. The summed E-state index contributed by atoms with van der Waals surface area (Å²) in [5.74, 6) is 0.638. The SMILES string of the molecule is COc1ccc(NC(=O)CCCC(C)(C)C)cc1N. The minimum atomic E-state index is 0.0221. The Labute approximate surface area is 115 Å². The Morgan fingerprint density at radius 3 is 2.58 bits per heavy atom. The number of nitrogens with one attached hydrogen (secondary N) is 1. The molecule has 4 nitrogen and oxygen atoms in total. The second kappa shape index (κ2) is 6.45. The summed E-state index contributed by atoms with van der Waals surface area (Å²) in [5, 5.41) is 2.85. The Bertz CT molecular complexity index is 436. The first-order valence-electron chi connectivity index (χ1n) is 6.55. The van der Waals surface area contributed by atoms with Gasteiger partial charge in [-0.2, -0.15) is 0 Å². The fourth-order valence-corrected chi connectivity index (χ4v) is 1.81. The van der Waals surface area contributed by atoms with Crippen LogP contribution in [-0.2, 0) is 4.79 Å². The lowest BCUT2D eigenvalue weighted by molar-refractivity contribution is -0.116. The van der Waals surface area contributed by atoms with Crippen molar-refractivity contribution in [3.8, 4) is 5.75 Å². The number of hydrogen-bond acceptors (Lipinski definition) is 3. The van der Waals surface area contributed by atoms with Crippen LogP contribution in [0.5, 0.6) is 5.75 Å². The molecule has 106 valence electrons. The van der Waals surface area contributed by atoms with E-state index in [1.165, 1.54) is 0 Å². The van der Waals surface area contributed by atoms with E-state index >= 15 is 0 Å². The van der Waals surface area contributed by atoms with Crippen LogP contribution in [0.3, 0.4) is 0 Å². The Morgan fingerprint density at radius 1 is 1.37 bits per heavy atom. The van der Waals surface area contributed by atoms with Crippen molar-refractivity contribution in [2.75, 3.05) is 18.2 Å². The molecule has 0 radical (unpaired) electrons. The molecule has 0 saturated heterocycles. The second-order valence-electron chi connectivity index (χ2n) is 5.92. The predicted octanol–water partition coefficient (Wildman–Crippen LogP) is 3.43. The number of hydrogen-bond donors (Lipinski definition) is 2. The highest BCUT2D eigenvalue weighted by Crippen LogP contribution is 2.25. The van der Waals surface area contributed by atoms with E-state index in [0.717, 1.165) is 12.8 Å². The van der Waals surface area contributed by atoms with Gasteiger partial charge in [-0.3, -0.25) is 4.79 Å². The smallest absolute Gasteiger partial charge is 0.224 e. The molecule has 1 aromatic rings. The van der Waals surface area contributed by atoms with Crippen LogP contribution in [0, 0.1) is 5.41 Å². The first-order chi connectivity index (χ1) is 8.81. The summed E-state index contributed by atoms with van der Waals surface area (Å²) < 4.78 is 5.07. The van der Waals surface area contributed by atoms with Gasteiger partial charge < -0.3 is 15.8 Å². The highest BCUT2D eigenvalue weighted by Gasteiger charge is 2.11. The molecule has 1 aromatic carbocycles. The molecule has 1 amide bonds. The Kier molecular flexibility index (Phi) is 5.21. The van der Waals surface area contributed by atoms with E-state index in [2.05, 4.69) is 26.1 Å². The van der Waals surface area contributed by atoms with Gasteiger partial charge in [0.1, 0.15) is 5.75 Å². The highest BCUT2D eigenvalue weighted by molar-refractivity contribution is 5.91. The Hall–Kier alpha value is -1.71. The van der Waals surface area contributed by atoms with Crippen molar-refractivity contribution in [1.82, 2.24) is 0 Å². The molecule has 0 fully saturated rings. The molecule has 0 saturated carbocycles. The van der Waals surface area contributed by atoms with Gasteiger partial charge in [-0.25, -0.2) is 0 Å². The summed E-state index contributed by atoms with van der Waals surface area (Å²) in [6.45, 7) is 6.53. The molecule has 3 N–H and O–H groups in total. The van der Waals surface area contributed by atoms with Crippen LogP contribution in [0.25, 0.3) is 0 Å². The van der Waals surface area contributed by atoms with Crippen LogP contribution >= 0.6 is 0 Å². The predicted molar refractivity (Wildman–Crippen MR) is 79.3 cm³/mol. The van der Waals surface area contributed by atoms with Crippen molar-refractivity contribution < 1.29 is 9.53 Å². The first-order valence-corrected chi connectivity index (χ1v) is 6.55. The lowest BCUT2D eigenvalue weighted by Crippen LogP contribution is -2.13. The van der Waals surface area contributed by atoms with Gasteiger partial charge in [0.15, 0.2) is 0 Å². The van der Waals surface area contributed by atoms with Crippen LogP contribution in [0.1, 0.15) is 40.0 Å². The standard InChI is InChI=1S/C15H24N2O2/c1-15(2,3)9-5-6-14(18)17-11-7-8-13(19-4)12(16)10-11/h7-8,10H,5-6,9,16H2,1-4H3,(H,17,18). The largest absolute Gasteiger partial charge is 0.495 e. The zero-order chi connectivity index (χ0) is 14.5. The molecule has 1 rings (SSSR count). The number of ether oxygens (including phenoxy) is 1. The quantitative estimate of drug-likeness (QED) is 0.801. The molecule has 0 aliphatic rings. The number of carbonyl (C=O) groups excluding carboxylic acids is 1. The number of rotatable bonds is 5. The van der Waals surface area contributed by atoms with E-state index < -0.39 is 0 Å². The van der Waals surface area contributed by atoms with E-state index in [1.807, 2.05) is 0 Å². The average molecular weight is 264 g/mol. The van der Waals surface area contributed by atoms with Crippen molar-refractivity contribution in [1.29, 1.82) is 0 Å². The van der Waals surface area contributed by atoms with Crippen molar-refractivity contribution >= 4 is 17.3 Å². The molecule has 0 atom stereocenters. The van der Waals surface area contributed by atoms with Crippen LogP contribution in [0.2, 0.25) is 0 Å². The van der Waals surface area contributed by atoms with E-state index in [-0.39, 0.29) is 11.3 Å². The van der Waals surface area contributed by atoms with Crippen LogP contribution < -0.4 is 15.8 Å². The molecule has 0 aliphatic heterocycles. The number of nitrogens with two attached hydrogens (primary N) is 1. The van der Waals surface area contributed by atoms with Gasteiger partial charge in [-0.1, -0.05) is 20.8 Å². The van der Waals surface area contributed by atoms with Crippen molar-refractivity contribution in [3.63, 3.8) is 0 Å². The molecular weight excluding hydrogens is 240 g/mol. The van der Waals surface area contributed by atoms with Crippen LogP contribution in [0.4, 0.5) is 11.4 Å². The fourth-order valence-electron chi connectivity index (χ4n) is 1.81. The minimum Gasteiger partial charge on any atom is -0.495 e. The summed E-state index contributed by atoms with van der Waals surface area (Å²) in [6, 6.07) is 5.25. The molecule has 0 aromatic heterocycles. The fraction of sp³-hybridized carbons (Fsp3) is 0.533. The van der Waals surface area contributed by atoms with Gasteiger partial charge in [-0.15, -0.1) is 0 Å². The van der Waals surface area contributed by atoms with E-state index in [0.29, 0.717) is 23.5 Å². The van der Waals surface area contributed by atoms with Gasteiger partial charge in [0, 0.05) is 12.1 Å². The monoisotopic (exact) mass is 264 g/mol. The molecule has 19 heavy (non-hydrogen) atoms. The van der Waals surface area contributed by atoms with E-state index in [4.69, 9.17) is 10.5 Å². The van der Waals surface area contributed by atoms with Crippen molar-refractivity contribution in [2.24, 2.45) is 5.41 Å². The highest BCUT2D eigenvalue weighted by atomic mass is 16.5. The van der Waals surface area contributed by atoms with Crippen LogP contribution in [0.15, 0.2) is 18.2 Å². The molecule has 0 spiro atoms. The molecule has 0 bridgehead atoms. The summed E-state index contributed by atoms with van der Waals surface area (Å²) in [6.07, 6.45) is 2.45. The molecule has 0 unspecified atom stereocenters. The summed E-state index contributed by atoms with van der Waals surface area (Å²) in [5.41, 5.74) is 7.29. The number of carbonyl (C=O) groups is 1. The van der Waals surface area contributed by atoms with Gasteiger partial charge in [0.25, 0.3) is 0 Å². The van der Waals surface area contributed by atoms with Gasteiger partial charge in [0.05, 0.1) is 12.8 Å². The van der Waals surface area contributed by atoms with E-state index in [9.17, 15) is 4.79 Å². The van der Waals surface area contributed by atoms with Gasteiger partial charge >= 0.3 is 0 Å². The summed E-state index contributed by atoms with van der Waals surface area (Å²) in [7, 11) is 1.57. The summed E-state index contributed by atoms with van der Waals surface area (Å²) in [4.78, 5) is 11.8. The lowest BCUT2D eigenvalue weighted by atomic mass is 9.90. The van der Waals surface area contributed by atoms with E-state index in [1.54, 1.807) is 25.3 Å². The summed E-state index contributed by atoms with van der Waals surface area (Å²) >= 11 is 0. The normalized spacial score (nSPS) is 11.2. The number of nitrogen functional groups attached to an aromatic ring is 1. The molecular formula is C15H24N2O2. The first kappa shape index (κ1) is 15.3. The number of anilines is 2. The Balaban J connectivity index is 2.46. The van der Waals surface area contributed by atoms with Gasteiger partial charge in [0.2, 0.25) is 5.91 Å². The van der Waals surface area contributed by atoms with Crippen molar-refractivity contribution in [3.05, 3.63) is 18.2 Å². The average Bonchev–Trinajstić information content (AvgIpc) is 2.27. The third kappa shape index (κ3) is 5.64. The molecule has 4 heteroatoms. The maximum absolute atomic E-state index is 11.8. The second-order valence-corrected chi connectivity index (χ2v) is 5.92. The third-order valence-electron chi connectivity index (χ3n) is 2.84. The van der Waals surface area contributed by atoms with Crippen molar-refractivity contribution in [2.45, 2.75) is 40.0 Å². The zero-order valence-corrected chi connectivity index (χ0v) is 12.2. The topological polar surface area (TPSA) is 64.3 Å². The molecule has 0 aliphatic carbocycles.